The van der Waals surface area contributed by atoms with Gasteiger partial charge in [0.05, 0.1) is 6.07 Å². The minimum absolute atomic E-state index is 0.0812. The Morgan fingerprint density at radius 3 is 2.50 bits per heavy atom. The Hall–Kier alpha value is -2.84. The van der Waals surface area contributed by atoms with Gasteiger partial charge in [0, 0.05) is 32.6 Å². The summed E-state index contributed by atoms with van der Waals surface area (Å²) in [4.78, 5) is 16.5. The van der Waals surface area contributed by atoms with Crippen LogP contribution in [0.5, 0.6) is 5.75 Å². The van der Waals surface area contributed by atoms with Crippen LogP contribution in [-0.4, -0.2) is 46.5 Å². The van der Waals surface area contributed by atoms with Crippen molar-refractivity contribution in [2.45, 2.75) is 25.4 Å². The predicted octanol–water partition coefficient (Wildman–Crippen LogP) is 2.56. The van der Waals surface area contributed by atoms with E-state index in [1.807, 2.05) is 30.3 Å². The number of carbonyl (C=O) groups excluding carboxylic acids is 1. The molecule has 2 aromatic rings. The summed E-state index contributed by atoms with van der Waals surface area (Å²) in [6.45, 7) is 2.55. The van der Waals surface area contributed by atoms with Crippen molar-refractivity contribution in [3.05, 3.63) is 65.7 Å². The van der Waals surface area contributed by atoms with Gasteiger partial charge in [-0.2, -0.15) is 5.26 Å². The Kier molecular flexibility index (Phi) is 5.88. The van der Waals surface area contributed by atoms with Crippen molar-refractivity contribution >= 4 is 5.91 Å². The fraction of sp³-hybridized carbons (Fsp3) is 0.333. The second-order valence-corrected chi connectivity index (χ2v) is 6.61. The van der Waals surface area contributed by atoms with Gasteiger partial charge in [0.25, 0.3) is 0 Å². The average molecular weight is 349 g/mol. The smallest absolute Gasteiger partial charge is 0.223 e. The molecule has 0 saturated carbocycles. The van der Waals surface area contributed by atoms with Crippen LogP contribution in [0.25, 0.3) is 0 Å². The first-order valence-corrected chi connectivity index (χ1v) is 8.89. The van der Waals surface area contributed by atoms with Gasteiger partial charge in [0.2, 0.25) is 5.91 Å². The zero-order valence-electron chi connectivity index (χ0n) is 14.7. The quantitative estimate of drug-likeness (QED) is 0.901. The van der Waals surface area contributed by atoms with Gasteiger partial charge < -0.3 is 10.0 Å². The van der Waals surface area contributed by atoms with Crippen LogP contribution in [-0.2, 0) is 17.8 Å². The van der Waals surface area contributed by atoms with Gasteiger partial charge in [0.15, 0.2) is 0 Å². The van der Waals surface area contributed by atoms with Gasteiger partial charge in [-0.1, -0.05) is 42.5 Å². The number of aryl methyl sites for hydroxylation is 1. The second kappa shape index (κ2) is 8.50. The zero-order valence-corrected chi connectivity index (χ0v) is 14.7. The number of phenols is 1. The van der Waals surface area contributed by atoms with E-state index in [1.165, 1.54) is 5.56 Å². The molecule has 26 heavy (non-hydrogen) atoms. The maximum absolute atomic E-state index is 12.5. The van der Waals surface area contributed by atoms with E-state index in [2.05, 4.69) is 23.1 Å². The highest BCUT2D eigenvalue weighted by Crippen LogP contribution is 2.16. The van der Waals surface area contributed by atoms with E-state index < -0.39 is 0 Å². The molecule has 0 spiro atoms. The number of piperazine rings is 1. The molecule has 1 heterocycles. The minimum Gasteiger partial charge on any atom is -0.508 e. The molecular weight excluding hydrogens is 326 g/mol. The maximum atomic E-state index is 12.5. The first kappa shape index (κ1) is 18.0. The van der Waals surface area contributed by atoms with E-state index in [1.54, 1.807) is 17.0 Å². The van der Waals surface area contributed by atoms with E-state index in [0.29, 0.717) is 32.5 Å². The lowest BCUT2D eigenvalue weighted by molar-refractivity contribution is -0.133. The summed E-state index contributed by atoms with van der Waals surface area (Å²) < 4.78 is 0. The van der Waals surface area contributed by atoms with Gasteiger partial charge >= 0.3 is 0 Å². The highest BCUT2D eigenvalue weighted by atomic mass is 16.3. The summed E-state index contributed by atoms with van der Waals surface area (Å²) in [6.07, 6.45) is 1.06. The van der Waals surface area contributed by atoms with Gasteiger partial charge in [-0.25, -0.2) is 0 Å². The number of nitriles is 1. The van der Waals surface area contributed by atoms with Gasteiger partial charge in [0.1, 0.15) is 11.8 Å². The Morgan fingerprint density at radius 1 is 1.08 bits per heavy atom. The van der Waals surface area contributed by atoms with E-state index in [-0.39, 0.29) is 17.7 Å². The molecule has 3 rings (SSSR count). The SMILES string of the molecule is N#CC1CN(C(=O)CCc2ccc(O)cc2)CCN1Cc1ccccc1. The van der Waals surface area contributed by atoms with Crippen LogP contribution in [0.3, 0.4) is 0 Å². The monoisotopic (exact) mass is 349 g/mol. The number of nitrogens with zero attached hydrogens (tertiary/aromatic N) is 3. The molecule has 0 bridgehead atoms. The van der Waals surface area contributed by atoms with Crippen LogP contribution in [0.2, 0.25) is 0 Å². The standard InChI is InChI=1S/C21H23N3O2/c22-14-19-16-24(13-12-23(19)15-18-4-2-1-3-5-18)21(26)11-8-17-6-9-20(25)10-7-17/h1-7,9-10,19,25H,8,11-13,15-16H2. The Bertz CT molecular complexity index is 768. The maximum Gasteiger partial charge on any atom is 0.223 e. The average Bonchev–Trinajstić information content (AvgIpc) is 2.68. The van der Waals surface area contributed by atoms with Crippen LogP contribution in [0, 0.1) is 11.3 Å². The number of phenolic OH excluding ortho intramolecular Hbond substituents is 1. The van der Waals surface area contributed by atoms with Crippen molar-refractivity contribution in [3.8, 4) is 11.8 Å². The van der Waals surface area contributed by atoms with Crippen LogP contribution >= 0.6 is 0 Å². The predicted molar refractivity (Wildman–Crippen MR) is 99.3 cm³/mol. The summed E-state index contributed by atoms with van der Waals surface area (Å²) in [6, 6.07) is 19.1. The molecule has 1 unspecified atom stereocenters. The molecule has 1 atom stereocenters. The molecule has 1 fully saturated rings. The third kappa shape index (κ3) is 4.62. The lowest BCUT2D eigenvalue weighted by Gasteiger charge is -2.38. The summed E-state index contributed by atoms with van der Waals surface area (Å²) in [7, 11) is 0. The second-order valence-electron chi connectivity index (χ2n) is 6.61. The molecule has 1 saturated heterocycles. The molecule has 1 amide bonds. The molecule has 0 aromatic heterocycles. The first-order chi connectivity index (χ1) is 12.7. The summed E-state index contributed by atoms with van der Waals surface area (Å²) in [5, 5.41) is 18.8. The number of carbonyl (C=O) groups is 1. The summed E-state index contributed by atoms with van der Waals surface area (Å²) >= 11 is 0. The molecule has 1 aliphatic heterocycles. The molecule has 5 heteroatoms. The van der Waals surface area contributed by atoms with Gasteiger partial charge in [-0.15, -0.1) is 0 Å². The van der Waals surface area contributed by atoms with Crippen molar-refractivity contribution < 1.29 is 9.90 Å². The van der Waals surface area contributed by atoms with E-state index in [9.17, 15) is 15.2 Å². The highest BCUT2D eigenvalue weighted by Gasteiger charge is 2.29. The molecular formula is C21H23N3O2. The highest BCUT2D eigenvalue weighted by molar-refractivity contribution is 5.76. The fourth-order valence-corrected chi connectivity index (χ4v) is 3.25. The van der Waals surface area contributed by atoms with E-state index in [0.717, 1.165) is 12.1 Å². The summed E-state index contributed by atoms with van der Waals surface area (Å²) in [5.41, 5.74) is 2.20. The van der Waals surface area contributed by atoms with Gasteiger partial charge in [-0.3, -0.25) is 9.69 Å². The normalized spacial score (nSPS) is 17.7. The molecule has 2 aromatic carbocycles. The van der Waals surface area contributed by atoms with Crippen molar-refractivity contribution in [1.82, 2.24) is 9.80 Å². The molecule has 134 valence electrons. The topological polar surface area (TPSA) is 67.6 Å². The Morgan fingerprint density at radius 2 is 1.81 bits per heavy atom. The minimum atomic E-state index is -0.276. The Labute approximate surface area is 154 Å². The third-order valence-corrected chi connectivity index (χ3v) is 4.79. The number of amides is 1. The van der Waals surface area contributed by atoms with Crippen molar-refractivity contribution in [1.29, 1.82) is 5.26 Å². The molecule has 1 N–H and O–H groups in total. The van der Waals surface area contributed by atoms with Crippen molar-refractivity contribution in [2.75, 3.05) is 19.6 Å². The third-order valence-electron chi connectivity index (χ3n) is 4.79. The number of hydrogen-bond donors (Lipinski definition) is 1. The summed E-state index contributed by atoms with van der Waals surface area (Å²) in [5.74, 6) is 0.309. The molecule has 0 radical (unpaired) electrons. The van der Waals surface area contributed by atoms with E-state index >= 15 is 0 Å². The number of hydrogen-bond acceptors (Lipinski definition) is 4. The number of aromatic hydroxyl groups is 1. The first-order valence-electron chi connectivity index (χ1n) is 8.89. The molecule has 0 aliphatic carbocycles. The van der Waals surface area contributed by atoms with Crippen LogP contribution in [0.1, 0.15) is 17.5 Å². The molecule has 1 aliphatic rings. The van der Waals surface area contributed by atoms with Crippen LogP contribution in [0.15, 0.2) is 54.6 Å². The van der Waals surface area contributed by atoms with Crippen molar-refractivity contribution in [3.63, 3.8) is 0 Å². The van der Waals surface area contributed by atoms with Crippen LogP contribution < -0.4 is 0 Å². The number of benzene rings is 2. The van der Waals surface area contributed by atoms with E-state index in [4.69, 9.17) is 0 Å². The van der Waals surface area contributed by atoms with Gasteiger partial charge in [-0.05, 0) is 29.7 Å². The zero-order chi connectivity index (χ0) is 18.4. The van der Waals surface area contributed by atoms with Crippen molar-refractivity contribution in [2.24, 2.45) is 0 Å². The molecule has 5 nitrogen and oxygen atoms in total. The number of rotatable bonds is 5. The largest absolute Gasteiger partial charge is 0.508 e. The van der Waals surface area contributed by atoms with Crippen LogP contribution in [0.4, 0.5) is 0 Å². The lowest BCUT2D eigenvalue weighted by Crippen LogP contribution is -2.53. The Balaban J connectivity index is 1.53. The lowest BCUT2D eigenvalue weighted by atomic mass is 10.1. The fourth-order valence-electron chi connectivity index (χ4n) is 3.25.